The zero-order chi connectivity index (χ0) is 10.6. The topological polar surface area (TPSA) is 48.2 Å². The minimum Gasteiger partial charge on any atom is -0.577 e. The van der Waals surface area contributed by atoms with Gasteiger partial charge in [-0.2, -0.15) is 0 Å². The standard InChI is InChI=1S/C10H14NO2S/c1-3-9-5-7-10(8-6-9)11-14(12,13)4-2/h5-8H,3-4H2,1-2H3/q-1. The molecule has 0 unspecified atom stereocenters. The molecule has 0 N–H and O–H groups in total. The molecule has 0 aliphatic carbocycles. The predicted molar refractivity (Wildman–Crippen MR) is 58.3 cm³/mol. The smallest absolute Gasteiger partial charge is 0.0935 e. The summed E-state index contributed by atoms with van der Waals surface area (Å²) in [6, 6.07) is 7.24. The Labute approximate surface area is 85.2 Å². The van der Waals surface area contributed by atoms with Crippen molar-refractivity contribution in [3.8, 4) is 0 Å². The van der Waals surface area contributed by atoms with Gasteiger partial charge in [-0.15, -0.1) is 5.69 Å². The van der Waals surface area contributed by atoms with Crippen molar-refractivity contribution in [2.24, 2.45) is 0 Å². The van der Waals surface area contributed by atoms with E-state index in [1.807, 2.05) is 12.1 Å². The van der Waals surface area contributed by atoms with E-state index in [1.54, 1.807) is 19.1 Å². The molecule has 0 saturated carbocycles. The monoisotopic (exact) mass is 212 g/mol. The van der Waals surface area contributed by atoms with Crippen molar-refractivity contribution < 1.29 is 8.42 Å². The number of benzene rings is 1. The maximum absolute atomic E-state index is 11.2. The molecule has 0 radical (unpaired) electrons. The van der Waals surface area contributed by atoms with Gasteiger partial charge in [0.1, 0.15) is 0 Å². The Morgan fingerprint density at radius 1 is 1.14 bits per heavy atom. The van der Waals surface area contributed by atoms with Gasteiger partial charge in [0.2, 0.25) is 0 Å². The summed E-state index contributed by atoms with van der Waals surface area (Å²) in [5, 5.41) is 0. The Bertz CT molecular complexity index is 381. The summed E-state index contributed by atoms with van der Waals surface area (Å²) in [6.07, 6.45) is 0.945. The summed E-state index contributed by atoms with van der Waals surface area (Å²) < 4.78 is 26.0. The van der Waals surface area contributed by atoms with E-state index in [2.05, 4.69) is 11.6 Å². The lowest BCUT2D eigenvalue weighted by atomic mass is 10.2. The highest BCUT2D eigenvalue weighted by atomic mass is 32.2. The second kappa shape index (κ2) is 4.46. The fourth-order valence-corrected chi connectivity index (χ4v) is 1.59. The number of aryl methyl sites for hydroxylation is 1. The minimum atomic E-state index is -3.27. The Balaban J connectivity index is 2.79. The Morgan fingerprint density at radius 2 is 1.71 bits per heavy atom. The molecule has 0 aromatic heterocycles. The third-order valence-electron chi connectivity index (χ3n) is 1.95. The van der Waals surface area contributed by atoms with E-state index >= 15 is 0 Å². The van der Waals surface area contributed by atoms with Gasteiger partial charge in [-0.05, 0) is 12.0 Å². The third-order valence-corrected chi connectivity index (χ3v) is 3.17. The van der Waals surface area contributed by atoms with Crippen LogP contribution in [0.2, 0.25) is 0 Å². The normalized spacial score (nSPS) is 11.3. The molecule has 1 aromatic rings. The van der Waals surface area contributed by atoms with Crippen LogP contribution in [-0.2, 0) is 16.4 Å². The van der Waals surface area contributed by atoms with Crippen LogP contribution in [0.3, 0.4) is 0 Å². The average Bonchev–Trinajstić information content (AvgIpc) is 2.19. The lowest BCUT2D eigenvalue weighted by Crippen LogP contribution is -1.98. The van der Waals surface area contributed by atoms with E-state index in [9.17, 15) is 8.42 Å². The zero-order valence-electron chi connectivity index (χ0n) is 8.40. The van der Waals surface area contributed by atoms with Crippen molar-refractivity contribution in [3.05, 3.63) is 34.6 Å². The number of rotatable bonds is 4. The molecule has 0 atom stereocenters. The SMILES string of the molecule is CCc1ccc([N-]S(=O)(=O)CC)cc1. The van der Waals surface area contributed by atoms with Crippen molar-refractivity contribution in [2.75, 3.05) is 5.75 Å². The van der Waals surface area contributed by atoms with E-state index in [-0.39, 0.29) is 5.75 Å². The van der Waals surface area contributed by atoms with Crippen LogP contribution in [0.5, 0.6) is 0 Å². The van der Waals surface area contributed by atoms with Crippen LogP contribution in [-0.4, -0.2) is 14.2 Å². The van der Waals surface area contributed by atoms with Crippen LogP contribution in [0.4, 0.5) is 5.69 Å². The highest BCUT2D eigenvalue weighted by Crippen LogP contribution is 2.22. The highest BCUT2D eigenvalue weighted by Gasteiger charge is 1.93. The van der Waals surface area contributed by atoms with Crippen LogP contribution in [0.15, 0.2) is 24.3 Å². The molecule has 0 aliphatic heterocycles. The van der Waals surface area contributed by atoms with Crippen molar-refractivity contribution in [3.63, 3.8) is 0 Å². The molecule has 0 fully saturated rings. The Kier molecular flexibility index (Phi) is 3.52. The fourth-order valence-electron chi connectivity index (χ4n) is 1.02. The van der Waals surface area contributed by atoms with Crippen LogP contribution in [0, 0.1) is 0 Å². The molecule has 0 aliphatic rings. The van der Waals surface area contributed by atoms with Gasteiger partial charge in [-0.25, -0.2) is 8.42 Å². The summed E-state index contributed by atoms with van der Waals surface area (Å²) in [6.45, 7) is 3.63. The molecule has 1 aromatic carbocycles. The first-order valence-corrected chi connectivity index (χ1v) is 6.23. The first kappa shape index (κ1) is 11.0. The predicted octanol–water partition coefficient (Wildman–Crippen LogP) is 2.60. The van der Waals surface area contributed by atoms with E-state index in [4.69, 9.17) is 0 Å². The van der Waals surface area contributed by atoms with E-state index < -0.39 is 10.0 Å². The molecule has 14 heavy (non-hydrogen) atoms. The lowest BCUT2D eigenvalue weighted by molar-refractivity contribution is 0.604. The van der Waals surface area contributed by atoms with E-state index in [0.29, 0.717) is 5.69 Å². The quantitative estimate of drug-likeness (QED) is 0.770. The van der Waals surface area contributed by atoms with Gasteiger partial charge in [-0.1, -0.05) is 38.1 Å². The highest BCUT2D eigenvalue weighted by molar-refractivity contribution is 7.94. The Morgan fingerprint density at radius 3 is 2.14 bits per heavy atom. The minimum absolute atomic E-state index is 0.0442. The van der Waals surface area contributed by atoms with Gasteiger partial charge in [0, 0.05) is 5.75 Å². The summed E-state index contributed by atoms with van der Waals surface area (Å²) in [5.74, 6) is 0.0442. The molecule has 0 spiro atoms. The molecule has 78 valence electrons. The van der Waals surface area contributed by atoms with E-state index in [1.165, 1.54) is 5.56 Å². The van der Waals surface area contributed by atoms with Crippen LogP contribution < -0.4 is 0 Å². The molecule has 0 bridgehead atoms. The van der Waals surface area contributed by atoms with Crippen LogP contribution in [0.25, 0.3) is 4.72 Å². The Hall–Kier alpha value is -1.03. The first-order chi connectivity index (χ1) is 6.57. The largest absolute Gasteiger partial charge is 0.577 e. The van der Waals surface area contributed by atoms with Crippen molar-refractivity contribution in [1.82, 2.24) is 0 Å². The first-order valence-electron chi connectivity index (χ1n) is 4.62. The summed E-state index contributed by atoms with van der Waals surface area (Å²) in [4.78, 5) is 0. The van der Waals surface area contributed by atoms with Crippen LogP contribution >= 0.6 is 0 Å². The molecule has 0 saturated heterocycles. The van der Waals surface area contributed by atoms with Crippen molar-refractivity contribution in [1.29, 1.82) is 0 Å². The average molecular weight is 212 g/mol. The summed E-state index contributed by atoms with van der Waals surface area (Å²) in [7, 11) is -3.27. The number of hydrogen-bond donors (Lipinski definition) is 0. The second-order valence-electron chi connectivity index (χ2n) is 2.98. The number of nitrogens with zero attached hydrogens (tertiary/aromatic N) is 1. The lowest BCUT2D eigenvalue weighted by Gasteiger charge is -2.20. The molecule has 4 heteroatoms. The van der Waals surface area contributed by atoms with Gasteiger partial charge in [0.15, 0.2) is 0 Å². The van der Waals surface area contributed by atoms with Gasteiger partial charge >= 0.3 is 0 Å². The summed E-state index contributed by atoms with van der Waals surface area (Å²) in [5.41, 5.74) is 1.68. The third kappa shape index (κ3) is 3.03. The molecule has 3 nitrogen and oxygen atoms in total. The fraction of sp³-hybridized carbons (Fsp3) is 0.400. The molecule has 0 amide bonds. The van der Waals surface area contributed by atoms with Gasteiger partial charge in [-0.3, -0.25) is 0 Å². The molecule has 0 heterocycles. The number of sulfonamides is 1. The maximum atomic E-state index is 11.2. The number of hydrogen-bond acceptors (Lipinski definition) is 2. The molecular weight excluding hydrogens is 198 g/mol. The van der Waals surface area contributed by atoms with Gasteiger partial charge < -0.3 is 4.72 Å². The summed E-state index contributed by atoms with van der Waals surface area (Å²) >= 11 is 0. The molecular formula is C10H14NO2S-. The van der Waals surface area contributed by atoms with Gasteiger partial charge in [0.05, 0.1) is 10.0 Å². The van der Waals surface area contributed by atoms with Crippen LogP contribution in [0.1, 0.15) is 19.4 Å². The van der Waals surface area contributed by atoms with Gasteiger partial charge in [0.25, 0.3) is 0 Å². The van der Waals surface area contributed by atoms with Crippen molar-refractivity contribution >= 4 is 15.7 Å². The van der Waals surface area contributed by atoms with E-state index in [0.717, 1.165) is 6.42 Å². The molecule has 1 rings (SSSR count). The zero-order valence-corrected chi connectivity index (χ0v) is 9.21. The van der Waals surface area contributed by atoms with Crippen molar-refractivity contribution in [2.45, 2.75) is 20.3 Å². The maximum Gasteiger partial charge on any atom is 0.0935 e. The second-order valence-corrected chi connectivity index (χ2v) is 4.91.